The van der Waals surface area contributed by atoms with Crippen molar-refractivity contribution in [1.82, 2.24) is 0 Å². The van der Waals surface area contributed by atoms with Crippen LogP contribution in [0.1, 0.15) is 42.7 Å². The van der Waals surface area contributed by atoms with Crippen LogP contribution in [0.4, 0.5) is 0 Å². The summed E-state index contributed by atoms with van der Waals surface area (Å²) in [5, 5.41) is 1.42. The summed E-state index contributed by atoms with van der Waals surface area (Å²) < 4.78 is 1.44. The van der Waals surface area contributed by atoms with Gasteiger partial charge in [-0.05, 0) is 54.0 Å². The maximum absolute atomic E-state index is 2.38. The zero-order valence-corrected chi connectivity index (χ0v) is 10.7. The normalized spacial score (nSPS) is 11.5. The highest BCUT2D eigenvalue weighted by molar-refractivity contribution is 7.19. The Hall–Kier alpha value is -0.820. The summed E-state index contributed by atoms with van der Waals surface area (Å²) in [5.41, 5.74) is 3.03. The van der Waals surface area contributed by atoms with Crippen LogP contribution in [0.5, 0.6) is 0 Å². The van der Waals surface area contributed by atoms with E-state index in [-0.39, 0.29) is 0 Å². The average Bonchev–Trinajstić information content (AvgIpc) is 2.54. The third kappa shape index (κ3) is 1.93. The quantitative estimate of drug-likeness (QED) is 0.673. The van der Waals surface area contributed by atoms with E-state index < -0.39 is 0 Å². The van der Waals surface area contributed by atoms with E-state index in [1.165, 1.54) is 26.1 Å². The zero-order chi connectivity index (χ0) is 11.0. The van der Waals surface area contributed by atoms with Crippen LogP contribution in [0.15, 0.2) is 18.2 Å². The van der Waals surface area contributed by atoms with Crippen molar-refractivity contribution >= 4 is 21.4 Å². The standard InChI is InChI=1S/C14H18S/c1-5-11-8-14-12(6-10(4)15-14)7-13(11)9(2)3/h6-9H,5H2,1-4H3. The van der Waals surface area contributed by atoms with E-state index in [1.807, 2.05) is 11.3 Å². The molecule has 2 aromatic rings. The molecule has 1 heteroatoms. The first-order valence-corrected chi connectivity index (χ1v) is 6.46. The SMILES string of the molecule is CCc1cc2sc(C)cc2cc1C(C)C. The van der Waals surface area contributed by atoms with Gasteiger partial charge in [0.25, 0.3) is 0 Å². The van der Waals surface area contributed by atoms with Gasteiger partial charge < -0.3 is 0 Å². The van der Waals surface area contributed by atoms with Gasteiger partial charge in [-0.1, -0.05) is 20.8 Å². The molecular formula is C14H18S. The van der Waals surface area contributed by atoms with Crippen LogP contribution in [0.3, 0.4) is 0 Å². The molecule has 15 heavy (non-hydrogen) atoms. The Bertz CT molecular complexity index is 477. The predicted molar refractivity (Wildman–Crippen MR) is 70.0 cm³/mol. The second kappa shape index (κ2) is 3.97. The number of hydrogen-bond donors (Lipinski definition) is 0. The molecule has 0 spiro atoms. The lowest BCUT2D eigenvalue weighted by Crippen LogP contribution is -1.94. The average molecular weight is 218 g/mol. The predicted octanol–water partition coefficient (Wildman–Crippen LogP) is 4.90. The molecule has 0 unspecified atom stereocenters. The Labute approximate surface area is 95.9 Å². The molecular weight excluding hydrogens is 200 g/mol. The van der Waals surface area contributed by atoms with Crippen molar-refractivity contribution < 1.29 is 0 Å². The van der Waals surface area contributed by atoms with Crippen LogP contribution in [0.25, 0.3) is 10.1 Å². The highest BCUT2D eigenvalue weighted by atomic mass is 32.1. The van der Waals surface area contributed by atoms with Crippen molar-refractivity contribution in [3.05, 3.63) is 34.2 Å². The van der Waals surface area contributed by atoms with Crippen LogP contribution in [-0.4, -0.2) is 0 Å². The van der Waals surface area contributed by atoms with E-state index in [4.69, 9.17) is 0 Å². The molecule has 0 aliphatic heterocycles. The van der Waals surface area contributed by atoms with Crippen LogP contribution in [0.2, 0.25) is 0 Å². The minimum absolute atomic E-state index is 0.629. The lowest BCUT2D eigenvalue weighted by Gasteiger charge is -2.11. The minimum Gasteiger partial charge on any atom is -0.141 e. The molecule has 0 amide bonds. The summed E-state index contributed by atoms with van der Waals surface area (Å²) in [5.74, 6) is 0.629. The fraction of sp³-hybridized carbons (Fsp3) is 0.429. The highest BCUT2D eigenvalue weighted by Gasteiger charge is 2.08. The Morgan fingerprint density at radius 3 is 2.53 bits per heavy atom. The fourth-order valence-electron chi connectivity index (χ4n) is 2.12. The maximum atomic E-state index is 2.38. The second-order valence-corrected chi connectivity index (χ2v) is 5.74. The van der Waals surface area contributed by atoms with Crippen LogP contribution in [-0.2, 0) is 6.42 Å². The van der Waals surface area contributed by atoms with E-state index in [9.17, 15) is 0 Å². The van der Waals surface area contributed by atoms with E-state index >= 15 is 0 Å². The molecule has 0 bridgehead atoms. The van der Waals surface area contributed by atoms with Crippen molar-refractivity contribution in [2.45, 2.75) is 40.0 Å². The Balaban J connectivity index is 2.68. The third-order valence-corrected chi connectivity index (χ3v) is 3.92. The van der Waals surface area contributed by atoms with E-state index in [1.54, 1.807) is 0 Å². The smallest absolute Gasteiger partial charge is 0.0348 e. The number of thiophene rings is 1. The number of benzene rings is 1. The first kappa shape index (κ1) is 10.7. The van der Waals surface area contributed by atoms with Crippen LogP contribution < -0.4 is 0 Å². The molecule has 1 aromatic heterocycles. The summed E-state index contributed by atoms with van der Waals surface area (Å²) in [4.78, 5) is 1.41. The first-order chi connectivity index (χ1) is 7.11. The highest BCUT2D eigenvalue weighted by Crippen LogP contribution is 2.31. The summed E-state index contributed by atoms with van der Waals surface area (Å²) in [7, 11) is 0. The topological polar surface area (TPSA) is 0 Å². The molecule has 2 rings (SSSR count). The Morgan fingerprint density at radius 2 is 1.93 bits per heavy atom. The summed E-state index contributed by atoms with van der Waals surface area (Å²) in [6.45, 7) is 8.98. The molecule has 0 N–H and O–H groups in total. The van der Waals surface area contributed by atoms with E-state index in [0.29, 0.717) is 5.92 Å². The molecule has 1 heterocycles. The van der Waals surface area contributed by atoms with Gasteiger partial charge >= 0.3 is 0 Å². The number of fused-ring (bicyclic) bond motifs is 1. The van der Waals surface area contributed by atoms with Gasteiger partial charge in [-0.25, -0.2) is 0 Å². The molecule has 1 aromatic carbocycles. The Kier molecular flexibility index (Phi) is 2.83. The van der Waals surface area contributed by atoms with Gasteiger partial charge in [0.15, 0.2) is 0 Å². The molecule has 0 aliphatic rings. The van der Waals surface area contributed by atoms with Gasteiger partial charge in [-0.15, -0.1) is 11.3 Å². The summed E-state index contributed by atoms with van der Waals surface area (Å²) in [6, 6.07) is 7.05. The molecule has 0 saturated carbocycles. The van der Waals surface area contributed by atoms with Gasteiger partial charge in [0.2, 0.25) is 0 Å². The van der Waals surface area contributed by atoms with Crippen molar-refractivity contribution in [1.29, 1.82) is 0 Å². The molecule has 0 fully saturated rings. The second-order valence-electron chi connectivity index (χ2n) is 4.45. The molecule has 0 aliphatic carbocycles. The number of rotatable bonds is 2. The van der Waals surface area contributed by atoms with E-state index in [2.05, 4.69) is 45.9 Å². The lowest BCUT2D eigenvalue weighted by atomic mass is 9.94. The third-order valence-electron chi connectivity index (χ3n) is 2.90. The Morgan fingerprint density at radius 1 is 1.20 bits per heavy atom. The lowest BCUT2D eigenvalue weighted by molar-refractivity contribution is 0.847. The van der Waals surface area contributed by atoms with Crippen molar-refractivity contribution in [2.75, 3.05) is 0 Å². The summed E-state index contributed by atoms with van der Waals surface area (Å²) in [6.07, 6.45) is 1.14. The van der Waals surface area contributed by atoms with Gasteiger partial charge in [-0.3, -0.25) is 0 Å². The minimum atomic E-state index is 0.629. The van der Waals surface area contributed by atoms with Gasteiger partial charge in [-0.2, -0.15) is 0 Å². The number of aryl methyl sites for hydroxylation is 2. The molecule has 0 nitrogen and oxygen atoms in total. The van der Waals surface area contributed by atoms with Gasteiger partial charge in [0.05, 0.1) is 0 Å². The molecule has 80 valence electrons. The summed E-state index contributed by atoms with van der Waals surface area (Å²) >= 11 is 1.90. The van der Waals surface area contributed by atoms with Crippen molar-refractivity contribution in [2.24, 2.45) is 0 Å². The largest absolute Gasteiger partial charge is 0.141 e. The van der Waals surface area contributed by atoms with Crippen LogP contribution >= 0.6 is 11.3 Å². The van der Waals surface area contributed by atoms with Crippen molar-refractivity contribution in [3.8, 4) is 0 Å². The monoisotopic (exact) mass is 218 g/mol. The van der Waals surface area contributed by atoms with Gasteiger partial charge in [0, 0.05) is 9.58 Å². The maximum Gasteiger partial charge on any atom is 0.0348 e. The van der Waals surface area contributed by atoms with Crippen LogP contribution in [0, 0.1) is 6.92 Å². The number of hydrogen-bond acceptors (Lipinski definition) is 1. The molecule has 0 radical (unpaired) electrons. The molecule has 0 atom stereocenters. The zero-order valence-electron chi connectivity index (χ0n) is 9.92. The first-order valence-electron chi connectivity index (χ1n) is 5.64. The van der Waals surface area contributed by atoms with Crippen molar-refractivity contribution in [3.63, 3.8) is 0 Å². The van der Waals surface area contributed by atoms with Gasteiger partial charge in [0.1, 0.15) is 0 Å². The molecule has 0 saturated heterocycles. The fourth-order valence-corrected chi connectivity index (χ4v) is 3.09. The van der Waals surface area contributed by atoms with E-state index in [0.717, 1.165) is 6.42 Å².